The second-order valence-electron chi connectivity index (χ2n) is 27.9. The number of nitrogens with one attached hydrogen (secondary N) is 1. The van der Waals surface area contributed by atoms with Crippen molar-refractivity contribution in [2.24, 2.45) is 0 Å². The number of hydrogen-bond donors (Lipinski definition) is 1. The first kappa shape index (κ1) is 92.2. The zero-order valence-electron chi connectivity index (χ0n) is 60.0. The summed E-state index contributed by atoms with van der Waals surface area (Å²) in [5.74, 6) is -0.409. The van der Waals surface area contributed by atoms with Crippen molar-refractivity contribution >= 4 is 114 Å². The van der Waals surface area contributed by atoms with Gasteiger partial charge in [-0.05, 0) is 218 Å². The molecule has 83 heavy (non-hydrogen) atoms. The van der Waals surface area contributed by atoms with Gasteiger partial charge in [0, 0.05) is 19.8 Å². The molecule has 30 heteroatoms. The number of nitrogens with zero attached hydrogens (tertiary/aromatic N) is 2. The van der Waals surface area contributed by atoms with Crippen LogP contribution in [0.5, 0.6) is 0 Å². The minimum Gasteiger partial charge on any atom is -0.469 e. The highest BCUT2D eigenvalue weighted by atomic mass is 28.5. The van der Waals surface area contributed by atoms with Gasteiger partial charge in [0.2, 0.25) is 5.91 Å². The van der Waals surface area contributed by atoms with Crippen LogP contribution in [0.4, 0.5) is 0 Å². The summed E-state index contributed by atoms with van der Waals surface area (Å²) in [6.07, 6.45) is 8.09. The molecule has 18 nitrogen and oxygen atoms in total. The average molecular weight is 1390 g/mol. The maximum atomic E-state index is 13.2. The first-order chi connectivity index (χ1) is 37.2. The van der Waals surface area contributed by atoms with Gasteiger partial charge >= 0.3 is 74.5 Å². The second kappa shape index (κ2) is 42.5. The summed E-state index contributed by atoms with van der Waals surface area (Å²) >= 11 is 0. The zero-order valence-corrected chi connectivity index (χ0v) is 72.0. The summed E-state index contributed by atoms with van der Waals surface area (Å²) in [6.45, 7) is 69.5. The van der Waals surface area contributed by atoms with Crippen molar-refractivity contribution in [2.75, 3.05) is 81.1 Å². The van der Waals surface area contributed by atoms with Crippen molar-refractivity contribution in [1.82, 2.24) is 15.1 Å². The van der Waals surface area contributed by atoms with Crippen LogP contribution in [0.3, 0.4) is 0 Å². The van der Waals surface area contributed by atoms with E-state index in [1.54, 1.807) is 0 Å². The fourth-order valence-corrected chi connectivity index (χ4v) is 65.5. The molecule has 0 aliphatic heterocycles. The first-order valence-corrected chi connectivity index (χ1v) is 64.9. The van der Waals surface area contributed by atoms with Crippen LogP contribution in [-0.4, -0.2) is 205 Å². The van der Waals surface area contributed by atoms with Gasteiger partial charge in [-0.15, -0.1) is 26.3 Å². The number of unbranched alkanes of at least 4 members (excludes halogenated alkanes) is 4. The number of carbonyl (C=O) groups is 2. The Kier molecular flexibility index (Phi) is 47.2. The Morgan fingerprint density at radius 1 is 0.398 bits per heavy atom. The van der Waals surface area contributed by atoms with E-state index in [2.05, 4.69) is 168 Å². The Labute approximate surface area is 525 Å². The Balaban J connectivity index is -0.000000436. The molecule has 0 radical (unpaired) electrons. The summed E-state index contributed by atoms with van der Waals surface area (Å²) in [7, 11) is -18.5. The van der Waals surface area contributed by atoms with Gasteiger partial charge in [0.25, 0.3) is 0 Å². The molecule has 0 aromatic rings. The summed E-state index contributed by atoms with van der Waals surface area (Å²) in [5.41, 5.74) is 0. The third kappa shape index (κ3) is 58.6. The van der Waals surface area contributed by atoms with Crippen LogP contribution in [0.15, 0.2) is 26.3 Å². The van der Waals surface area contributed by atoms with Crippen LogP contribution in [0, 0.1) is 0 Å². The average Bonchev–Trinajstić information content (AvgIpc) is 3.21. The fourth-order valence-electron chi connectivity index (χ4n) is 9.11. The van der Waals surface area contributed by atoms with Crippen LogP contribution in [0.2, 0.25) is 169 Å². The zero-order chi connectivity index (χ0) is 66.8. The topological polar surface area (TPSA) is 173 Å². The van der Waals surface area contributed by atoms with E-state index >= 15 is 0 Å². The van der Waals surface area contributed by atoms with Gasteiger partial charge in [-0.1, -0.05) is 39.5 Å². The lowest BCUT2D eigenvalue weighted by Crippen LogP contribution is -2.64. The minimum atomic E-state index is -3.13. The maximum absolute atomic E-state index is 13.2. The lowest BCUT2D eigenvalue weighted by Gasteiger charge is -2.44. The van der Waals surface area contributed by atoms with Gasteiger partial charge in [-0.25, -0.2) is 0 Å². The van der Waals surface area contributed by atoms with Gasteiger partial charge in [0.1, 0.15) is 0 Å². The molecule has 0 fully saturated rings. The van der Waals surface area contributed by atoms with Crippen molar-refractivity contribution in [1.29, 1.82) is 0 Å². The molecule has 0 spiro atoms. The predicted octanol–water partition coefficient (Wildman–Crippen LogP) is 14.1. The van der Waals surface area contributed by atoms with Gasteiger partial charge < -0.3 is 70.5 Å². The predicted molar refractivity (Wildman–Crippen MR) is 381 cm³/mol. The molecule has 4 unspecified atom stereocenters. The van der Waals surface area contributed by atoms with E-state index in [-0.39, 0.29) is 24.0 Å². The van der Waals surface area contributed by atoms with E-state index in [4.69, 9.17) is 55.4 Å². The molecule has 0 aromatic heterocycles. The van der Waals surface area contributed by atoms with Gasteiger partial charge in [0.15, 0.2) is 33.3 Å². The Bertz CT molecular complexity index is 1720. The third-order valence-electron chi connectivity index (χ3n) is 9.71. The molecular formula is C53H135N3O15Si12. The van der Waals surface area contributed by atoms with E-state index in [1.165, 1.54) is 7.11 Å². The molecule has 1 N–H and O–H groups in total. The minimum absolute atomic E-state index is 0.0548. The molecule has 1 amide bonds. The molecule has 0 rings (SSSR count). The summed E-state index contributed by atoms with van der Waals surface area (Å²) in [5, 5.41) is 3.08. The van der Waals surface area contributed by atoms with Crippen LogP contribution in [0.1, 0.15) is 58.8 Å². The fraction of sp³-hybridized carbons (Fsp3) is 0.887. The normalized spacial score (nSPS) is 15.7. The standard InChI is InChI=1S/C25H64N2O7Si6.C21H54O8Si6.C3H9N.2C2H4/c1-16-17-18-22-29-24-40(15,33-38(12,13)31-36(7,8)9)34-39(14,32-37(10,11)30-35(4,5)6)23-25(28)26-20-19-21-27(2)3;1-15-16-17-18-24-20-35(14,28-33(11,12)26-31(6,7)8)29-34(13,19-21(22)23-2)27-32(9,10)25-30(3,4)5;1-4(2)3;2*1-2/h16-24H2,1-15H3,(H,26,28);15-20H2,1-14H3;1-3H3;2*1-2H2. The molecule has 500 valence electrons. The molecular weight excluding hydrogens is 1260 g/mol. The summed E-state index contributed by atoms with van der Waals surface area (Å²) < 4.78 is 84.3. The number of hydrogen-bond acceptors (Lipinski definition) is 17. The van der Waals surface area contributed by atoms with Crippen molar-refractivity contribution in [3.63, 3.8) is 0 Å². The van der Waals surface area contributed by atoms with Crippen molar-refractivity contribution < 1.29 is 65.0 Å². The van der Waals surface area contributed by atoms with E-state index in [0.29, 0.717) is 32.2 Å². The monoisotopic (exact) mass is 1390 g/mol. The number of amides is 1. The molecule has 0 bridgehead atoms. The Hall–Kier alpha value is 0.463. The molecule has 0 aromatic carbocycles. The summed E-state index contributed by atoms with van der Waals surface area (Å²) in [4.78, 5) is 29.8. The lowest BCUT2D eigenvalue weighted by molar-refractivity contribution is -0.138. The third-order valence-corrected chi connectivity index (χ3v) is 52.4. The lowest BCUT2D eigenvalue weighted by atomic mass is 10.3. The van der Waals surface area contributed by atoms with Gasteiger partial charge in [-0.3, -0.25) is 9.59 Å². The number of rotatable bonds is 40. The van der Waals surface area contributed by atoms with Crippen LogP contribution in [-0.2, 0) is 65.0 Å². The van der Waals surface area contributed by atoms with Gasteiger partial charge in [-0.2, -0.15) is 0 Å². The quantitative estimate of drug-likeness (QED) is 0.0265. The first-order valence-electron chi connectivity index (χ1n) is 29.9. The van der Waals surface area contributed by atoms with E-state index in [0.717, 1.165) is 51.5 Å². The summed E-state index contributed by atoms with van der Waals surface area (Å²) in [6, 6.07) is 0.243. The second-order valence-corrected chi connectivity index (χ2v) is 74.5. The van der Waals surface area contributed by atoms with E-state index in [1.807, 2.05) is 79.4 Å². The SMILES string of the molecule is C=C.C=C.CCCCCOC[Si](C)(O[Si](C)(C)O[Si](C)(C)C)O[Si](C)(CC(=O)NCCCN(C)C)O[Si](C)(C)O[Si](C)(C)C.CCCCCOC[Si](C)(O[Si](C)(C)O[Si](C)(C)C)O[Si](C)(CC(=O)OC)O[Si](C)(C)O[Si](C)(C)C.CN(C)C. The highest BCUT2D eigenvalue weighted by Gasteiger charge is 2.54. The molecule has 0 saturated carbocycles. The number of ether oxygens (including phenoxy) is 3. The maximum Gasteiger partial charge on any atom is 0.344 e. The van der Waals surface area contributed by atoms with Crippen LogP contribution in [0.25, 0.3) is 0 Å². The number of carbonyl (C=O) groups excluding carboxylic acids is 2. The number of esters is 1. The molecule has 0 aliphatic carbocycles. The highest BCUT2D eigenvalue weighted by Crippen LogP contribution is 2.32. The molecule has 0 aliphatic rings. The Morgan fingerprint density at radius 2 is 0.675 bits per heavy atom. The highest BCUT2D eigenvalue weighted by molar-refractivity contribution is 6.94. The van der Waals surface area contributed by atoms with Crippen molar-refractivity contribution in [2.45, 2.75) is 228 Å². The largest absolute Gasteiger partial charge is 0.469 e. The number of methoxy groups -OCH3 is 1. The van der Waals surface area contributed by atoms with Gasteiger partial charge in [0.05, 0.1) is 31.7 Å². The smallest absolute Gasteiger partial charge is 0.344 e. The van der Waals surface area contributed by atoms with E-state index < -0.39 is 102 Å². The molecule has 0 saturated heterocycles. The van der Waals surface area contributed by atoms with Crippen molar-refractivity contribution in [3.8, 4) is 0 Å². The van der Waals surface area contributed by atoms with E-state index in [9.17, 15) is 9.59 Å². The molecule has 4 atom stereocenters. The molecule has 0 heterocycles. The van der Waals surface area contributed by atoms with Crippen LogP contribution >= 0.6 is 0 Å². The van der Waals surface area contributed by atoms with Crippen LogP contribution < -0.4 is 5.32 Å². The van der Waals surface area contributed by atoms with Crippen molar-refractivity contribution in [3.05, 3.63) is 26.3 Å². The Morgan fingerprint density at radius 3 is 0.928 bits per heavy atom.